The van der Waals surface area contributed by atoms with Gasteiger partial charge in [-0.1, -0.05) is 12.1 Å². The SMILES string of the molecule is CC(C)(C)OC(=O)N1C2CCC1CC(O)(c1ccc(OC(C)(C)C)cc1)C2. The molecule has 5 heteroatoms. The number of aliphatic hydroxyl groups is 1. The number of carbonyl (C=O) groups is 1. The summed E-state index contributed by atoms with van der Waals surface area (Å²) in [5.74, 6) is 0.795. The van der Waals surface area contributed by atoms with Crippen molar-refractivity contribution < 1.29 is 19.4 Å². The van der Waals surface area contributed by atoms with Crippen molar-refractivity contribution in [2.45, 2.75) is 96.1 Å². The summed E-state index contributed by atoms with van der Waals surface area (Å²) in [4.78, 5) is 14.5. The Bertz CT molecular complexity index is 670. The third-order valence-electron chi connectivity index (χ3n) is 5.19. The molecule has 2 aliphatic heterocycles. The van der Waals surface area contributed by atoms with Crippen molar-refractivity contribution in [2.75, 3.05) is 0 Å². The highest BCUT2D eigenvalue weighted by molar-refractivity contribution is 5.69. The summed E-state index contributed by atoms with van der Waals surface area (Å²) < 4.78 is 11.5. The van der Waals surface area contributed by atoms with E-state index in [1.54, 1.807) is 0 Å². The highest BCUT2D eigenvalue weighted by atomic mass is 16.6. The van der Waals surface area contributed by atoms with Gasteiger partial charge in [-0.2, -0.15) is 0 Å². The van der Waals surface area contributed by atoms with Crippen molar-refractivity contribution >= 4 is 6.09 Å². The quantitative estimate of drug-likeness (QED) is 0.820. The normalized spacial score (nSPS) is 28.2. The summed E-state index contributed by atoms with van der Waals surface area (Å²) >= 11 is 0. The molecule has 0 saturated carbocycles. The Morgan fingerprint density at radius 1 is 1.00 bits per heavy atom. The Labute approximate surface area is 162 Å². The van der Waals surface area contributed by atoms with Crippen molar-refractivity contribution in [2.24, 2.45) is 0 Å². The molecule has 0 aliphatic carbocycles. The topological polar surface area (TPSA) is 59.0 Å². The highest BCUT2D eigenvalue weighted by Gasteiger charge is 2.51. The zero-order valence-electron chi connectivity index (χ0n) is 17.4. The number of ether oxygens (including phenoxy) is 2. The van der Waals surface area contributed by atoms with Crippen LogP contribution in [0.4, 0.5) is 4.79 Å². The van der Waals surface area contributed by atoms with E-state index < -0.39 is 11.2 Å². The molecule has 0 aromatic heterocycles. The first-order chi connectivity index (χ1) is 12.4. The van der Waals surface area contributed by atoms with Gasteiger partial charge < -0.3 is 19.5 Å². The lowest BCUT2D eigenvalue weighted by atomic mass is 9.80. The number of fused-ring (bicyclic) bond motifs is 2. The predicted molar refractivity (Wildman–Crippen MR) is 105 cm³/mol. The zero-order chi connectivity index (χ0) is 20.0. The van der Waals surface area contributed by atoms with Crippen molar-refractivity contribution in [3.8, 4) is 5.75 Å². The second kappa shape index (κ2) is 6.69. The lowest BCUT2D eigenvalue weighted by Crippen LogP contribution is -2.53. The zero-order valence-corrected chi connectivity index (χ0v) is 17.4. The van der Waals surface area contributed by atoms with Crippen molar-refractivity contribution in [1.29, 1.82) is 0 Å². The van der Waals surface area contributed by atoms with Gasteiger partial charge in [-0.15, -0.1) is 0 Å². The largest absolute Gasteiger partial charge is 0.488 e. The molecule has 1 amide bonds. The second-order valence-electron chi connectivity index (χ2n) is 9.95. The number of carbonyl (C=O) groups excluding carboxylic acids is 1. The van der Waals surface area contributed by atoms with E-state index in [1.165, 1.54) is 0 Å². The van der Waals surface area contributed by atoms with Gasteiger partial charge in [-0.05, 0) is 72.1 Å². The maximum atomic E-state index is 12.6. The number of amides is 1. The Kier molecular flexibility index (Phi) is 4.96. The van der Waals surface area contributed by atoms with Crippen LogP contribution in [-0.4, -0.2) is 39.4 Å². The number of hydrogen-bond donors (Lipinski definition) is 1. The molecule has 2 saturated heterocycles. The van der Waals surface area contributed by atoms with Crippen LogP contribution in [0.5, 0.6) is 5.75 Å². The maximum Gasteiger partial charge on any atom is 0.410 e. The van der Waals surface area contributed by atoms with Crippen LogP contribution in [0.25, 0.3) is 0 Å². The molecule has 150 valence electrons. The Morgan fingerprint density at radius 3 is 1.96 bits per heavy atom. The number of rotatable bonds is 2. The summed E-state index contributed by atoms with van der Waals surface area (Å²) in [6.07, 6.45) is 2.66. The van der Waals surface area contributed by atoms with Gasteiger partial charge in [0.05, 0.1) is 5.60 Å². The first-order valence-corrected chi connectivity index (χ1v) is 9.90. The summed E-state index contributed by atoms with van der Waals surface area (Å²) in [5, 5.41) is 11.4. The lowest BCUT2D eigenvalue weighted by Gasteiger charge is -2.44. The van der Waals surface area contributed by atoms with E-state index in [0.717, 1.165) is 24.2 Å². The summed E-state index contributed by atoms with van der Waals surface area (Å²) in [6.45, 7) is 11.7. The summed E-state index contributed by atoms with van der Waals surface area (Å²) in [7, 11) is 0. The third-order valence-corrected chi connectivity index (χ3v) is 5.19. The lowest BCUT2D eigenvalue weighted by molar-refractivity contribution is -0.0624. The van der Waals surface area contributed by atoms with E-state index in [4.69, 9.17) is 9.47 Å². The number of benzene rings is 1. The van der Waals surface area contributed by atoms with Crippen LogP contribution in [0.3, 0.4) is 0 Å². The van der Waals surface area contributed by atoms with E-state index in [-0.39, 0.29) is 23.8 Å². The van der Waals surface area contributed by atoms with Crippen molar-refractivity contribution in [3.05, 3.63) is 29.8 Å². The fourth-order valence-corrected chi connectivity index (χ4v) is 4.26. The molecule has 3 rings (SSSR count). The molecule has 5 nitrogen and oxygen atoms in total. The van der Waals surface area contributed by atoms with Crippen LogP contribution in [0.2, 0.25) is 0 Å². The standard InChI is InChI=1S/C22H33NO4/c1-20(2,3)26-18-11-7-15(8-12-18)22(25)13-16-9-10-17(14-22)23(16)19(24)27-21(4,5)6/h7-8,11-12,16-17,25H,9-10,13-14H2,1-6H3. The summed E-state index contributed by atoms with van der Waals surface area (Å²) in [6, 6.07) is 7.78. The fraction of sp³-hybridized carbons (Fsp3) is 0.682. The van der Waals surface area contributed by atoms with E-state index in [2.05, 4.69) is 0 Å². The molecule has 2 unspecified atom stereocenters. The van der Waals surface area contributed by atoms with Gasteiger partial charge in [0, 0.05) is 24.9 Å². The minimum Gasteiger partial charge on any atom is -0.488 e. The molecule has 2 atom stereocenters. The molecule has 27 heavy (non-hydrogen) atoms. The molecule has 1 aromatic rings. The van der Waals surface area contributed by atoms with Crippen LogP contribution in [0.1, 0.15) is 72.8 Å². The van der Waals surface area contributed by atoms with Gasteiger partial charge >= 0.3 is 6.09 Å². The smallest absolute Gasteiger partial charge is 0.410 e. The van der Waals surface area contributed by atoms with Crippen LogP contribution >= 0.6 is 0 Å². The van der Waals surface area contributed by atoms with Crippen LogP contribution < -0.4 is 4.74 Å². The number of hydrogen-bond acceptors (Lipinski definition) is 4. The molecule has 2 fully saturated rings. The molecule has 0 spiro atoms. The van der Waals surface area contributed by atoms with E-state index in [0.29, 0.717) is 12.8 Å². The molecule has 2 bridgehead atoms. The van der Waals surface area contributed by atoms with Gasteiger partial charge in [-0.25, -0.2) is 4.79 Å². The average molecular weight is 376 g/mol. The van der Waals surface area contributed by atoms with E-state index in [9.17, 15) is 9.90 Å². The number of nitrogens with zero attached hydrogens (tertiary/aromatic N) is 1. The molecule has 0 radical (unpaired) electrons. The van der Waals surface area contributed by atoms with E-state index in [1.807, 2.05) is 70.7 Å². The summed E-state index contributed by atoms with van der Waals surface area (Å²) in [5.41, 5.74) is -0.780. The van der Waals surface area contributed by atoms with Crippen LogP contribution in [0.15, 0.2) is 24.3 Å². The first kappa shape index (κ1) is 20.0. The molecule has 2 heterocycles. The maximum absolute atomic E-state index is 12.6. The minimum absolute atomic E-state index is 0.0223. The molecule has 1 aromatic carbocycles. The minimum atomic E-state index is -0.912. The Balaban J connectivity index is 1.74. The van der Waals surface area contributed by atoms with Gasteiger partial charge in [0.1, 0.15) is 17.0 Å². The molecular formula is C22H33NO4. The molecule has 2 aliphatic rings. The van der Waals surface area contributed by atoms with Crippen molar-refractivity contribution in [1.82, 2.24) is 4.90 Å². The fourth-order valence-electron chi connectivity index (χ4n) is 4.26. The van der Waals surface area contributed by atoms with Crippen LogP contribution in [-0.2, 0) is 10.3 Å². The first-order valence-electron chi connectivity index (χ1n) is 9.90. The van der Waals surface area contributed by atoms with Crippen molar-refractivity contribution in [3.63, 3.8) is 0 Å². The van der Waals surface area contributed by atoms with Gasteiger partial charge in [-0.3, -0.25) is 0 Å². The van der Waals surface area contributed by atoms with Gasteiger partial charge in [0.2, 0.25) is 0 Å². The third kappa shape index (κ3) is 4.57. The predicted octanol–water partition coefficient (Wildman–Crippen LogP) is 4.61. The monoisotopic (exact) mass is 375 g/mol. The average Bonchev–Trinajstić information content (AvgIpc) is 2.77. The Morgan fingerprint density at radius 2 is 1.52 bits per heavy atom. The second-order valence-corrected chi connectivity index (χ2v) is 9.95. The Hall–Kier alpha value is -1.75. The number of piperidine rings is 1. The molecule has 1 N–H and O–H groups in total. The van der Waals surface area contributed by atoms with Gasteiger partial charge in [0.25, 0.3) is 0 Å². The molecular weight excluding hydrogens is 342 g/mol. The highest BCUT2D eigenvalue weighted by Crippen LogP contribution is 2.46. The van der Waals surface area contributed by atoms with Gasteiger partial charge in [0.15, 0.2) is 0 Å². The van der Waals surface area contributed by atoms with E-state index >= 15 is 0 Å². The van der Waals surface area contributed by atoms with Crippen LogP contribution in [0, 0.1) is 0 Å².